The Labute approximate surface area is 222 Å². The summed E-state index contributed by atoms with van der Waals surface area (Å²) in [6.45, 7) is 20.1. The molecule has 3 nitrogen and oxygen atoms in total. The molecule has 1 N–H and O–H groups in total. The average molecular weight is 496 g/mol. The smallest absolute Gasteiger partial charge is 0.133 e. The van der Waals surface area contributed by atoms with Crippen LogP contribution in [0.1, 0.15) is 123 Å². The molecule has 0 saturated heterocycles. The fraction of sp³-hybridized carbons (Fsp3) is 0.576. The summed E-state index contributed by atoms with van der Waals surface area (Å²) in [5, 5.41) is 9.90. The third-order valence-electron chi connectivity index (χ3n) is 6.42. The number of ketones is 1. The zero-order valence-electron chi connectivity index (χ0n) is 24.8. The van der Waals surface area contributed by atoms with Gasteiger partial charge in [-0.15, -0.1) is 0 Å². The van der Waals surface area contributed by atoms with Crippen LogP contribution in [0.15, 0.2) is 53.5 Å². The molecule has 2 aromatic carbocycles. The lowest BCUT2D eigenvalue weighted by Gasteiger charge is -2.18. The highest BCUT2D eigenvalue weighted by Gasteiger charge is 2.16. The van der Waals surface area contributed by atoms with Crippen LogP contribution in [0.2, 0.25) is 0 Å². The maximum Gasteiger partial charge on any atom is 0.133 e. The second-order valence-electron chi connectivity index (χ2n) is 10.2. The summed E-state index contributed by atoms with van der Waals surface area (Å²) in [6.07, 6.45) is 6.74. The van der Waals surface area contributed by atoms with Gasteiger partial charge in [-0.25, -0.2) is 0 Å². The van der Waals surface area contributed by atoms with Crippen LogP contribution >= 0.6 is 0 Å². The Morgan fingerprint density at radius 1 is 1.06 bits per heavy atom. The first-order valence-corrected chi connectivity index (χ1v) is 13.9. The van der Waals surface area contributed by atoms with E-state index in [0.29, 0.717) is 24.5 Å². The van der Waals surface area contributed by atoms with Crippen LogP contribution in [0.3, 0.4) is 0 Å². The summed E-state index contributed by atoms with van der Waals surface area (Å²) in [6, 6.07) is 16.1. The number of Topliss-reactive ketones (excluding diaryl/α,β-unsaturated/α-hetero) is 1. The molecule has 0 spiro atoms. The van der Waals surface area contributed by atoms with E-state index in [9.17, 15) is 9.90 Å². The summed E-state index contributed by atoms with van der Waals surface area (Å²) in [7, 11) is 0. The number of nitrogens with zero attached hydrogens (tertiary/aromatic N) is 1. The van der Waals surface area contributed by atoms with E-state index in [4.69, 9.17) is 0 Å². The number of rotatable bonds is 7. The van der Waals surface area contributed by atoms with Crippen molar-refractivity contribution in [2.75, 3.05) is 0 Å². The summed E-state index contributed by atoms with van der Waals surface area (Å²) in [5.41, 5.74) is 4.62. The number of aliphatic hydroxyl groups is 1. The topological polar surface area (TPSA) is 49.7 Å². The molecule has 0 bridgehead atoms. The van der Waals surface area contributed by atoms with Crippen molar-refractivity contribution in [3.8, 4) is 0 Å². The predicted octanol–water partition coefficient (Wildman–Crippen LogP) is 9.72. The molecular weight excluding hydrogens is 442 g/mol. The predicted molar refractivity (Wildman–Crippen MR) is 159 cm³/mol. The highest BCUT2D eigenvalue weighted by atomic mass is 16.3. The van der Waals surface area contributed by atoms with Crippen molar-refractivity contribution in [2.24, 2.45) is 10.9 Å². The van der Waals surface area contributed by atoms with Crippen LogP contribution < -0.4 is 0 Å². The monoisotopic (exact) mass is 495 g/mol. The molecule has 1 unspecified atom stereocenters. The molecule has 2 aromatic rings. The summed E-state index contributed by atoms with van der Waals surface area (Å²) in [4.78, 5) is 15.7. The van der Waals surface area contributed by atoms with Crippen LogP contribution in [0.4, 0.5) is 5.69 Å². The normalized spacial score (nSPS) is 14.0. The second-order valence-corrected chi connectivity index (χ2v) is 10.2. The number of benzene rings is 2. The number of aryl methyl sites for hydroxylation is 1. The number of carbonyl (C=O) groups excluding carboxylic acids is 1. The Morgan fingerprint density at radius 2 is 1.61 bits per heavy atom. The van der Waals surface area contributed by atoms with Crippen molar-refractivity contribution in [1.82, 2.24) is 0 Å². The summed E-state index contributed by atoms with van der Waals surface area (Å²) in [5.74, 6) is 1.76. The van der Waals surface area contributed by atoms with E-state index >= 15 is 0 Å². The van der Waals surface area contributed by atoms with Crippen molar-refractivity contribution in [2.45, 2.75) is 119 Å². The Hall–Kier alpha value is -2.26. The highest BCUT2D eigenvalue weighted by Crippen LogP contribution is 2.26. The third kappa shape index (κ3) is 13.7. The van der Waals surface area contributed by atoms with Gasteiger partial charge < -0.3 is 5.11 Å². The minimum atomic E-state index is -0.785. The van der Waals surface area contributed by atoms with E-state index in [1.54, 1.807) is 13.8 Å². The molecular formula is C33H53NO2. The van der Waals surface area contributed by atoms with E-state index in [1.165, 1.54) is 24.8 Å². The van der Waals surface area contributed by atoms with Crippen molar-refractivity contribution >= 4 is 17.2 Å². The van der Waals surface area contributed by atoms with Gasteiger partial charge in [-0.05, 0) is 68.7 Å². The molecule has 1 aliphatic rings. The zero-order chi connectivity index (χ0) is 27.7. The van der Waals surface area contributed by atoms with Gasteiger partial charge in [-0.3, -0.25) is 9.79 Å². The first-order valence-electron chi connectivity index (χ1n) is 13.9. The van der Waals surface area contributed by atoms with Crippen LogP contribution in [0.25, 0.3) is 0 Å². The maximum absolute atomic E-state index is 11.2. The quantitative estimate of drug-likeness (QED) is 0.389. The molecule has 0 amide bonds. The molecule has 0 radical (unpaired) electrons. The maximum atomic E-state index is 11.2. The van der Waals surface area contributed by atoms with Crippen LogP contribution in [0, 0.1) is 12.8 Å². The number of hydrogen-bond acceptors (Lipinski definition) is 3. The molecule has 0 aromatic heterocycles. The van der Waals surface area contributed by atoms with Gasteiger partial charge >= 0.3 is 0 Å². The number of hydrogen-bond donors (Lipinski definition) is 1. The molecule has 1 saturated carbocycles. The van der Waals surface area contributed by atoms with E-state index in [-0.39, 0.29) is 0 Å². The standard InChI is InChI=1S/C14H21NO.C12H16O.C5H10.C2H6/c1-6-11(3)15-13-8-7-12(9-10(13)2)14(4,5)16;1-3-12(13)9-10(2)11-7-5-4-6-8-11;1-5-3-2-4-5;1-2/h7-9,16H,6H2,1-5H3;4-8,10H,3,9H2,1-2H3;5H,2-4H2,1H3;1-2H3. The SMILES string of the molecule is CC.CC1CCC1.CCC(=O)CC(C)c1ccccc1.CCC(C)=Nc1ccc(C(C)(C)O)cc1C. The van der Waals surface area contributed by atoms with Crippen LogP contribution in [-0.4, -0.2) is 16.6 Å². The van der Waals surface area contributed by atoms with E-state index in [0.717, 1.165) is 34.9 Å². The van der Waals surface area contributed by atoms with Gasteiger partial charge in [0, 0.05) is 18.6 Å². The molecule has 36 heavy (non-hydrogen) atoms. The third-order valence-corrected chi connectivity index (χ3v) is 6.42. The Bertz CT molecular complexity index is 890. The van der Waals surface area contributed by atoms with E-state index < -0.39 is 5.60 Å². The van der Waals surface area contributed by atoms with Gasteiger partial charge in [0.2, 0.25) is 0 Å². The number of carbonyl (C=O) groups is 1. The lowest BCUT2D eigenvalue weighted by molar-refractivity contribution is -0.119. The zero-order valence-corrected chi connectivity index (χ0v) is 24.8. The van der Waals surface area contributed by atoms with E-state index in [2.05, 4.69) is 37.9 Å². The molecule has 1 atom stereocenters. The van der Waals surface area contributed by atoms with Gasteiger partial charge in [-0.1, -0.05) is 103 Å². The van der Waals surface area contributed by atoms with Crippen molar-refractivity contribution < 1.29 is 9.90 Å². The number of aliphatic imine (C=N–C) groups is 1. The average Bonchev–Trinajstić information content (AvgIpc) is 2.85. The van der Waals surface area contributed by atoms with E-state index in [1.807, 2.05) is 71.0 Å². The molecule has 0 heterocycles. The fourth-order valence-corrected chi connectivity index (χ4v) is 3.44. The first-order chi connectivity index (χ1) is 17.0. The van der Waals surface area contributed by atoms with Crippen LogP contribution in [-0.2, 0) is 10.4 Å². The van der Waals surface area contributed by atoms with Gasteiger partial charge in [0.05, 0.1) is 11.3 Å². The lowest BCUT2D eigenvalue weighted by atomic mass is 9.88. The Balaban J connectivity index is 0.000000545. The van der Waals surface area contributed by atoms with Gasteiger partial charge in [0.1, 0.15) is 5.78 Å². The van der Waals surface area contributed by atoms with Crippen LogP contribution in [0.5, 0.6) is 0 Å². The molecule has 1 fully saturated rings. The summed E-state index contributed by atoms with van der Waals surface area (Å²) >= 11 is 0. The fourth-order valence-electron chi connectivity index (χ4n) is 3.44. The lowest BCUT2D eigenvalue weighted by Crippen LogP contribution is -2.15. The second kappa shape index (κ2) is 18.1. The van der Waals surface area contributed by atoms with Crippen molar-refractivity contribution in [1.29, 1.82) is 0 Å². The van der Waals surface area contributed by atoms with Gasteiger partial charge in [0.15, 0.2) is 0 Å². The van der Waals surface area contributed by atoms with Gasteiger partial charge in [0.25, 0.3) is 0 Å². The Morgan fingerprint density at radius 3 is 2.00 bits per heavy atom. The molecule has 3 rings (SSSR count). The van der Waals surface area contributed by atoms with Gasteiger partial charge in [-0.2, -0.15) is 0 Å². The largest absolute Gasteiger partial charge is 0.386 e. The van der Waals surface area contributed by atoms with Crippen molar-refractivity contribution in [3.05, 3.63) is 65.2 Å². The first kappa shape index (κ1) is 33.7. The molecule has 0 aliphatic heterocycles. The minimum absolute atomic E-state index is 0.344. The Kier molecular flexibility index (Phi) is 16.9. The molecule has 1 aliphatic carbocycles. The minimum Gasteiger partial charge on any atom is -0.386 e. The van der Waals surface area contributed by atoms with Crippen molar-refractivity contribution in [3.63, 3.8) is 0 Å². The highest BCUT2D eigenvalue weighted by molar-refractivity contribution is 5.84. The summed E-state index contributed by atoms with van der Waals surface area (Å²) < 4.78 is 0. The molecule has 202 valence electrons. The molecule has 3 heteroatoms.